The normalized spacial score (nSPS) is 12.7. The second-order valence-corrected chi connectivity index (χ2v) is 9.17. The number of quaternary nitrogens is 1. The zero-order valence-electron chi connectivity index (χ0n) is 23.8. The third-order valence-corrected chi connectivity index (χ3v) is 6.32. The Kier molecular flexibility index (Phi) is 10.7. The van der Waals surface area contributed by atoms with Gasteiger partial charge in [0.25, 0.3) is 17.6 Å². The van der Waals surface area contributed by atoms with Crippen molar-refractivity contribution in [1.82, 2.24) is 20.3 Å². The van der Waals surface area contributed by atoms with E-state index in [-0.39, 0.29) is 45.6 Å². The summed E-state index contributed by atoms with van der Waals surface area (Å²) in [5.41, 5.74) is 1.84. The molecule has 0 saturated carbocycles. The lowest BCUT2D eigenvalue weighted by Gasteiger charge is -2.41. The van der Waals surface area contributed by atoms with E-state index in [1.54, 1.807) is 39.8 Å². The van der Waals surface area contributed by atoms with Crippen LogP contribution >= 0.6 is 0 Å². The number of amides is 2. The van der Waals surface area contributed by atoms with Crippen LogP contribution in [-0.4, -0.2) is 66.7 Å². The van der Waals surface area contributed by atoms with E-state index in [0.29, 0.717) is 30.6 Å². The first-order chi connectivity index (χ1) is 20.1. The number of aromatic hydroxyl groups is 1. The van der Waals surface area contributed by atoms with E-state index in [4.69, 9.17) is 14.9 Å². The Morgan fingerprint density at radius 3 is 2.33 bits per heavy atom. The molecule has 0 fully saturated rings. The number of carbonyl (C=O) groups is 3. The maximum atomic E-state index is 14.9. The molecular formula is C29H34N6O7. The number of ether oxygens (including phenoxy) is 2. The molecule has 3 rings (SSSR count). The average molecular weight is 579 g/mol. The van der Waals surface area contributed by atoms with Gasteiger partial charge in [0.1, 0.15) is 23.5 Å². The van der Waals surface area contributed by atoms with E-state index in [0.717, 1.165) is 0 Å². The van der Waals surface area contributed by atoms with Crippen LogP contribution in [0.5, 0.6) is 5.75 Å². The van der Waals surface area contributed by atoms with E-state index in [1.807, 2.05) is 0 Å². The number of phenols is 1. The summed E-state index contributed by atoms with van der Waals surface area (Å²) in [6, 6.07) is 10.0. The van der Waals surface area contributed by atoms with Gasteiger partial charge in [-0.25, -0.2) is 4.79 Å². The summed E-state index contributed by atoms with van der Waals surface area (Å²) in [6.07, 6.45) is 2.14. The first-order valence-electron chi connectivity index (χ1n) is 13.1. The fraction of sp³-hybridized carbons (Fsp3) is 0.276. The number of benzene rings is 2. The first-order valence-corrected chi connectivity index (χ1v) is 13.1. The zero-order valence-corrected chi connectivity index (χ0v) is 23.8. The number of carbonyl (C=O) groups excluding carboxylic acids is 3. The number of aromatic amines is 1. The molecular weight excluding hydrogens is 544 g/mol. The number of aliphatic imine (C=N–C) groups is 1. The van der Waals surface area contributed by atoms with Crippen molar-refractivity contribution < 1.29 is 29.0 Å². The predicted molar refractivity (Wildman–Crippen MR) is 158 cm³/mol. The molecule has 1 aromatic heterocycles. The molecule has 0 spiro atoms. The highest BCUT2D eigenvalue weighted by atomic mass is 16.7. The lowest BCUT2D eigenvalue weighted by atomic mass is 10.1. The van der Waals surface area contributed by atoms with Gasteiger partial charge in [-0.05, 0) is 63.6 Å². The van der Waals surface area contributed by atoms with E-state index < -0.39 is 30.0 Å². The quantitative estimate of drug-likeness (QED) is 0.0413. The molecule has 222 valence electrons. The number of aromatic nitrogens is 1. The van der Waals surface area contributed by atoms with Crippen molar-refractivity contribution in [2.24, 2.45) is 4.99 Å². The molecule has 0 aliphatic rings. The number of esters is 1. The Bertz CT molecular complexity index is 1480. The second kappa shape index (κ2) is 14.2. The largest absolute Gasteiger partial charge is 0.619 e. The highest BCUT2D eigenvalue weighted by Gasteiger charge is 2.35. The van der Waals surface area contributed by atoms with Crippen LogP contribution in [0.4, 0.5) is 5.69 Å². The number of nitrogens with zero attached hydrogens (tertiary/aromatic N) is 2. The fourth-order valence-electron chi connectivity index (χ4n) is 4.21. The minimum Gasteiger partial charge on any atom is -0.619 e. The molecule has 42 heavy (non-hydrogen) atoms. The van der Waals surface area contributed by atoms with Gasteiger partial charge in [-0.3, -0.25) is 24.4 Å². The summed E-state index contributed by atoms with van der Waals surface area (Å²) in [5.74, 6) is -1.74. The lowest BCUT2D eigenvalue weighted by molar-refractivity contribution is -0.0472. The number of hydrogen-bond acceptors (Lipinski definition) is 8. The molecule has 3 aromatic rings. The fourth-order valence-corrected chi connectivity index (χ4v) is 4.21. The van der Waals surface area contributed by atoms with Crippen molar-refractivity contribution in [2.75, 3.05) is 26.6 Å². The summed E-state index contributed by atoms with van der Waals surface area (Å²) >= 11 is 0. The second-order valence-electron chi connectivity index (χ2n) is 9.17. The number of rotatable bonds is 12. The third-order valence-electron chi connectivity index (χ3n) is 6.32. The molecule has 0 radical (unpaired) electrons. The molecule has 2 amide bonds. The van der Waals surface area contributed by atoms with Crippen LogP contribution in [-0.2, 0) is 9.47 Å². The van der Waals surface area contributed by atoms with Gasteiger partial charge < -0.3 is 30.7 Å². The van der Waals surface area contributed by atoms with Crippen molar-refractivity contribution in [3.63, 3.8) is 0 Å². The van der Waals surface area contributed by atoms with Crippen molar-refractivity contribution in [3.05, 3.63) is 87.4 Å². The molecule has 0 aliphatic carbocycles. The van der Waals surface area contributed by atoms with Crippen LogP contribution in [0.1, 0.15) is 61.7 Å². The number of H-pyrrole nitrogens is 1. The molecule has 1 unspecified atom stereocenters. The maximum Gasteiger partial charge on any atom is 0.340 e. The monoisotopic (exact) mass is 578 g/mol. The summed E-state index contributed by atoms with van der Waals surface area (Å²) in [7, 11) is 0. The van der Waals surface area contributed by atoms with Crippen LogP contribution in [0.2, 0.25) is 0 Å². The number of phenolic OH excluding ortho intramolecular Hbond substituents is 1. The Balaban J connectivity index is 2.04. The molecule has 2 aromatic carbocycles. The van der Waals surface area contributed by atoms with Crippen LogP contribution in [0.3, 0.4) is 0 Å². The smallest absolute Gasteiger partial charge is 0.340 e. The average Bonchev–Trinajstić information content (AvgIpc) is 3.35. The molecule has 1 atom stereocenters. The molecule has 13 nitrogen and oxygen atoms in total. The Morgan fingerprint density at radius 1 is 1.05 bits per heavy atom. The van der Waals surface area contributed by atoms with Gasteiger partial charge in [0.05, 0.1) is 11.1 Å². The van der Waals surface area contributed by atoms with Crippen molar-refractivity contribution in [3.8, 4) is 5.75 Å². The Morgan fingerprint density at radius 2 is 1.69 bits per heavy atom. The summed E-state index contributed by atoms with van der Waals surface area (Å²) in [5, 5.41) is 37.5. The topological polar surface area (TPSA) is 189 Å². The third kappa shape index (κ3) is 7.07. The molecule has 1 heterocycles. The van der Waals surface area contributed by atoms with Crippen molar-refractivity contribution in [1.29, 1.82) is 5.41 Å². The van der Waals surface area contributed by atoms with E-state index in [9.17, 15) is 24.7 Å². The van der Waals surface area contributed by atoms with Gasteiger partial charge in [0.15, 0.2) is 13.5 Å². The van der Waals surface area contributed by atoms with Gasteiger partial charge in [-0.1, -0.05) is 6.07 Å². The van der Waals surface area contributed by atoms with E-state index in [1.165, 1.54) is 36.5 Å². The Labute approximate surface area is 242 Å². The summed E-state index contributed by atoms with van der Waals surface area (Å²) in [4.78, 5) is 44.7. The standard InChI is InChI=1S/C29H34N6O7/c1-5-31-27(37)21-8-7-18(3)24(13-21)35(40,16-41-17-42-29(39)20-9-11-22(36)12-10-20)26(34-15-30)25-19(4)23(14-33-25)28(38)32-6-2/h7-15,30,33,36H,5-6,16-17H2,1-4H3,(H,31,37)(H,32,38). The van der Waals surface area contributed by atoms with Gasteiger partial charge in [-0.15, -0.1) is 0 Å². The first kappa shape index (κ1) is 31.7. The molecule has 0 bridgehead atoms. The van der Waals surface area contributed by atoms with Gasteiger partial charge in [0.2, 0.25) is 0 Å². The van der Waals surface area contributed by atoms with Gasteiger partial charge in [-0.2, -0.15) is 4.99 Å². The summed E-state index contributed by atoms with van der Waals surface area (Å²) < 4.78 is 9.30. The SMILES string of the molecule is CCNC(=O)c1ccc(C)c([N+]([O-])(COCOC(=O)c2ccc(O)cc2)C(=NC=N)c2[nH]cc(C(=O)NCC)c2C)c1. The van der Waals surface area contributed by atoms with Crippen LogP contribution in [0, 0.1) is 24.5 Å². The van der Waals surface area contributed by atoms with Crippen LogP contribution < -0.4 is 15.3 Å². The molecule has 0 aliphatic heterocycles. The predicted octanol–water partition coefficient (Wildman–Crippen LogP) is 3.48. The van der Waals surface area contributed by atoms with Crippen molar-refractivity contribution >= 4 is 35.6 Å². The number of nitrogens with one attached hydrogen (secondary N) is 4. The lowest BCUT2D eigenvalue weighted by Crippen LogP contribution is -2.52. The van der Waals surface area contributed by atoms with Gasteiger partial charge >= 0.3 is 5.97 Å². The minimum atomic E-state index is -1.43. The van der Waals surface area contributed by atoms with Crippen LogP contribution in [0.25, 0.3) is 0 Å². The molecule has 13 heteroatoms. The summed E-state index contributed by atoms with van der Waals surface area (Å²) in [6.45, 7) is 6.34. The molecule has 5 N–H and O–H groups in total. The van der Waals surface area contributed by atoms with Gasteiger partial charge in [0, 0.05) is 36.5 Å². The number of hydroxylamine groups is 2. The molecule has 0 saturated heterocycles. The number of aryl methyl sites for hydroxylation is 1. The highest BCUT2D eigenvalue weighted by molar-refractivity contribution is 6.11. The van der Waals surface area contributed by atoms with E-state index >= 15 is 0 Å². The number of hydrogen-bond donors (Lipinski definition) is 5. The minimum absolute atomic E-state index is 0.0191. The number of amidine groups is 1. The zero-order chi connectivity index (χ0) is 30.9. The highest BCUT2D eigenvalue weighted by Crippen LogP contribution is 2.32. The maximum absolute atomic E-state index is 14.9. The van der Waals surface area contributed by atoms with Crippen LogP contribution in [0.15, 0.2) is 53.7 Å². The van der Waals surface area contributed by atoms with Crippen molar-refractivity contribution in [2.45, 2.75) is 27.7 Å². The van der Waals surface area contributed by atoms with E-state index in [2.05, 4.69) is 20.6 Å². The Hall–Kier alpha value is -4.85.